The Kier molecular flexibility index (Phi) is 7.10. The van der Waals surface area contributed by atoms with Gasteiger partial charge in [0.25, 0.3) is 0 Å². The van der Waals surface area contributed by atoms with Crippen LogP contribution >= 0.6 is 0 Å². The maximum Gasteiger partial charge on any atom is 0.356 e. The molecule has 0 bridgehead atoms. The number of pyridine rings is 1. The number of nitrogens with one attached hydrogen (secondary N) is 1. The predicted molar refractivity (Wildman–Crippen MR) is 76.4 cm³/mol. The molecule has 0 aliphatic carbocycles. The zero-order valence-corrected chi connectivity index (χ0v) is 12.1. The van der Waals surface area contributed by atoms with Crippen molar-refractivity contribution in [3.8, 4) is 0 Å². The average molecular weight is 297 g/mol. The number of ether oxygens (including phenoxy) is 2. The van der Waals surface area contributed by atoms with Crippen molar-refractivity contribution in [3.05, 3.63) is 27.9 Å². The number of methoxy groups -OCH3 is 1. The fourth-order valence-corrected chi connectivity index (χ4v) is 1.54. The lowest BCUT2D eigenvalue weighted by Gasteiger charge is -2.08. The molecule has 0 amide bonds. The molecule has 0 spiro atoms. The molecule has 0 saturated carbocycles. The van der Waals surface area contributed by atoms with Crippen LogP contribution < -0.4 is 5.32 Å². The smallest absolute Gasteiger partial charge is 0.356 e. The van der Waals surface area contributed by atoms with E-state index in [0.29, 0.717) is 19.8 Å². The monoisotopic (exact) mass is 297 g/mol. The Balaban J connectivity index is 2.68. The Morgan fingerprint density at radius 2 is 2.19 bits per heavy atom. The number of hydrogen-bond acceptors (Lipinski definition) is 7. The van der Waals surface area contributed by atoms with Gasteiger partial charge in [-0.15, -0.1) is 0 Å². The summed E-state index contributed by atoms with van der Waals surface area (Å²) in [6.45, 7) is 3.48. The Morgan fingerprint density at radius 1 is 1.43 bits per heavy atom. The van der Waals surface area contributed by atoms with Gasteiger partial charge in [0, 0.05) is 19.2 Å². The number of carbonyl (C=O) groups excluding carboxylic acids is 1. The van der Waals surface area contributed by atoms with Crippen LogP contribution in [0, 0.1) is 10.1 Å². The zero-order chi connectivity index (χ0) is 15.7. The lowest BCUT2D eigenvalue weighted by Crippen LogP contribution is -2.14. The Bertz CT molecular complexity index is 493. The number of hydrogen-bond donors (Lipinski definition) is 1. The number of nitro groups is 1. The van der Waals surface area contributed by atoms with Crippen LogP contribution in [0.25, 0.3) is 0 Å². The van der Waals surface area contributed by atoms with Gasteiger partial charge in [-0.1, -0.05) is 13.3 Å². The molecule has 8 heteroatoms. The molecule has 8 nitrogen and oxygen atoms in total. The third kappa shape index (κ3) is 5.35. The summed E-state index contributed by atoms with van der Waals surface area (Å²) in [5.74, 6) is -0.617. The first-order valence-electron chi connectivity index (χ1n) is 6.65. The molecule has 0 aromatic carbocycles. The molecule has 0 saturated heterocycles. The first kappa shape index (κ1) is 16.8. The maximum absolute atomic E-state index is 11.4. The molecule has 0 unspecified atom stereocenters. The van der Waals surface area contributed by atoms with Crippen molar-refractivity contribution < 1.29 is 19.2 Å². The van der Waals surface area contributed by atoms with Gasteiger partial charge in [-0.2, -0.15) is 0 Å². The molecule has 1 heterocycles. The van der Waals surface area contributed by atoms with E-state index in [0.717, 1.165) is 12.8 Å². The molecule has 0 radical (unpaired) electrons. The van der Waals surface area contributed by atoms with E-state index in [1.807, 2.05) is 0 Å². The summed E-state index contributed by atoms with van der Waals surface area (Å²) in [5, 5.41) is 13.7. The van der Waals surface area contributed by atoms with Gasteiger partial charge in [-0.25, -0.2) is 9.78 Å². The van der Waals surface area contributed by atoms with Crippen molar-refractivity contribution in [2.45, 2.75) is 19.8 Å². The molecule has 1 rings (SSSR count). The number of nitrogens with zero attached hydrogens (tertiary/aromatic N) is 2. The standard InChI is InChI=1S/C13H19N3O5/c1-3-4-8-21-9-7-14-12-11(16(18)19)6-5-10(15-12)13(17)20-2/h5-6H,3-4,7-9H2,1-2H3,(H,14,15). The topological polar surface area (TPSA) is 104 Å². The summed E-state index contributed by atoms with van der Waals surface area (Å²) >= 11 is 0. The normalized spacial score (nSPS) is 10.2. The first-order chi connectivity index (χ1) is 10.1. The third-order valence-corrected chi connectivity index (χ3v) is 2.65. The molecule has 1 N–H and O–H groups in total. The molecule has 1 aromatic rings. The molecule has 0 aliphatic heterocycles. The number of anilines is 1. The molecule has 1 aromatic heterocycles. The highest BCUT2D eigenvalue weighted by Gasteiger charge is 2.18. The zero-order valence-electron chi connectivity index (χ0n) is 12.1. The molecule has 21 heavy (non-hydrogen) atoms. The van der Waals surface area contributed by atoms with Crippen LogP contribution in [-0.2, 0) is 9.47 Å². The van der Waals surface area contributed by atoms with Crippen molar-refractivity contribution >= 4 is 17.5 Å². The van der Waals surface area contributed by atoms with E-state index in [4.69, 9.17) is 4.74 Å². The van der Waals surface area contributed by atoms with Crippen LogP contribution in [0.4, 0.5) is 11.5 Å². The van der Waals surface area contributed by atoms with Crippen LogP contribution in [0.1, 0.15) is 30.3 Å². The number of rotatable bonds is 9. The van der Waals surface area contributed by atoms with Gasteiger partial charge in [0.1, 0.15) is 0 Å². The van der Waals surface area contributed by atoms with Gasteiger partial charge in [-0.05, 0) is 12.5 Å². The molecule has 116 valence electrons. The van der Waals surface area contributed by atoms with E-state index >= 15 is 0 Å². The second-order valence-electron chi connectivity index (χ2n) is 4.21. The largest absolute Gasteiger partial charge is 0.464 e. The van der Waals surface area contributed by atoms with Crippen molar-refractivity contribution in [1.29, 1.82) is 0 Å². The predicted octanol–water partition coefficient (Wildman–Crippen LogP) is 2.00. The Morgan fingerprint density at radius 3 is 2.81 bits per heavy atom. The summed E-state index contributed by atoms with van der Waals surface area (Å²) in [7, 11) is 1.22. The lowest BCUT2D eigenvalue weighted by atomic mass is 10.3. The van der Waals surface area contributed by atoms with E-state index in [2.05, 4.69) is 22.0 Å². The highest BCUT2D eigenvalue weighted by molar-refractivity contribution is 5.88. The summed E-state index contributed by atoms with van der Waals surface area (Å²) < 4.78 is 9.88. The van der Waals surface area contributed by atoms with Crippen LogP contribution in [0.3, 0.4) is 0 Å². The fourth-order valence-electron chi connectivity index (χ4n) is 1.54. The number of esters is 1. The van der Waals surface area contributed by atoms with Gasteiger partial charge >= 0.3 is 11.7 Å². The Labute approximate surface area is 122 Å². The minimum absolute atomic E-state index is 0.0116. The van der Waals surface area contributed by atoms with Gasteiger partial charge in [0.05, 0.1) is 18.6 Å². The Hall–Kier alpha value is -2.22. The van der Waals surface area contributed by atoms with Gasteiger partial charge in [0.2, 0.25) is 5.82 Å². The van der Waals surface area contributed by atoms with Crippen molar-refractivity contribution in [2.24, 2.45) is 0 Å². The summed E-state index contributed by atoms with van der Waals surface area (Å²) in [4.78, 5) is 25.7. The second-order valence-corrected chi connectivity index (χ2v) is 4.21. The van der Waals surface area contributed by atoms with E-state index < -0.39 is 10.9 Å². The second kappa shape index (κ2) is 8.85. The number of aromatic nitrogens is 1. The maximum atomic E-state index is 11.4. The van der Waals surface area contributed by atoms with E-state index in [-0.39, 0.29) is 17.2 Å². The van der Waals surface area contributed by atoms with E-state index in [1.54, 1.807) is 0 Å². The number of carbonyl (C=O) groups is 1. The molecule has 0 aliphatic rings. The minimum Gasteiger partial charge on any atom is -0.464 e. The highest BCUT2D eigenvalue weighted by Crippen LogP contribution is 2.22. The minimum atomic E-state index is -0.646. The summed E-state index contributed by atoms with van der Waals surface area (Å²) in [6, 6.07) is 2.48. The fraction of sp³-hybridized carbons (Fsp3) is 0.538. The van der Waals surface area contributed by atoms with Crippen molar-refractivity contribution in [1.82, 2.24) is 4.98 Å². The van der Waals surface area contributed by atoms with Gasteiger partial charge in [0.15, 0.2) is 5.69 Å². The highest BCUT2D eigenvalue weighted by atomic mass is 16.6. The van der Waals surface area contributed by atoms with Crippen LogP contribution in [0.5, 0.6) is 0 Å². The van der Waals surface area contributed by atoms with E-state index in [9.17, 15) is 14.9 Å². The molecule has 0 atom stereocenters. The van der Waals surface area contributed by atoms with Gasteiger partial charge in [-0.3, -0.25) is 10.1 Å². The SMILES string of the molecule is CCCCOCCNc1nc(C(=O)OC)ccc1[N+](=O)[O-]. The average Bonchev–Trinajstić information content (AvgIpc) is 2.49. The van der Waals surface area contributed by atoms with Crippen molar-refractivity contribution in [2.75, 3.05) is 32.2 Å². The van der Waals surface area contributed by atoms with Crippen LogP contribution in [-0.4, -0.2) is 42.7 Å². The van der Waals surface area contributed by atoms with Gasteiger partial charge < -0.3 is 14.8 Å². The third-order valence-electron chi connectivity index (χ3n) is 2.65. The summed E-state index contributed by atoms with van der Waals surface area (Å²) in [6.07, 6.45) is 2.01. The van der Waals surface area contributed by atoms with E-state index in [1.165, 1.54) is 19.2 Å². The lowest BCUT2D eigenvalue weighted by molar-refractivity contribution is -0.384. The van der Waals surface area contributed by atoms with Crippen molar-refractivity contribution in [3.63, 3.8) is 0 Å². The molecular formula is C13H19N3O5. The van der Waals surface area contributed by atoms with Crippen LogP contribution in [0.15, 0.2) is 12.1 Å². The first-order valence-corrected chi connectivity index (χ1v) is 6.65. The summed E-state index contributed by atoms with van der Waals surface area (Å²) in [5.41, 5.74) is -0.186. The quantitative estimate of drug-likeness (QED) is 0.322. The number of unbranched alkanes of at least 4 members (excludes halogenated alkanes) is 1. The molecule has 0 fully saturated rings. The molecular weight excluding hydrogens is 278 g/mol. The van der Waals surface area contributed by atoms with Crippen LogP contribution in [0.2, 0.25) is 0 Å².